The molecule has 10 heteroatoms. The van der Waals surface area contributed by atoms with Crippen molar-refractivity contribution < 1.29 is 27.5 Å². The van der Waals surface area contributed by atoms with E-state index in [4.69, 9.17) is 26.3 Å². The number of benzene rings is 2. The minimum atomic E-state index is -3.56. The zero-order chi connectivity index (χ0) is 23.0. The molecule has 1 amide bonds. The molecule has 0 N–H and O–H groups in total. The maximum Gasteiger partial charge on any atom is 0.340 e. The summed E-state index contributed by atoms with van der Waals surface area (Å²) in [4.78, 5) is 26.3. The highest BCUT2D eigenvalue weighted by molar-refractivity contribution is 7.90. The summed E-state index contributed by atoms with van der Waals surface area (Å²) in [5.41, 5.74) is 0.346. The van der Waals surface area contributed by atoms with Gasteiger partial charge >= 0.3 is 5.97 Å². The first-order chi connectivity index (χ1) is 14.7. The van der Waals surface area contributed by atoms with Gasteiger partial charge in [0, 0.05) is 18.5 Å². The number of anilines is 1. The Morgan fingerprint density at radius 1 is 1.16 bits per heavy atom. The first kappa shape index (κ1) is 24.2. The molecule has 31 heavy (non-hydrogen) atoms. The Morgan fingerprint density at radius 2 is 1.84 bits per heavy atom. The normalized spacial score (nSPS) is 10.8. The molecule has 0 spiro atoms. The number of hydrogen-bond acceptors (Lipinski definition) is 7. The van der Waals surface area contributed by atoms with Gasteiger partial charge < -0.3 is 14.4 Å². The third kappa shape index (κ3) is 6.70. The van der Waals surface area contributed by atoms with Crippen molar-refractivity contribution in [3.05, 3.63) is 53.1 Å². The summed E-state index contributed by atoms with van der Waals surface area (Å²) < 4.78 is 33.9. The molecule has 0 aliphatic carbocycles. The number of sulfone groups is 1. The van der Waals surface area contributed by atoms with Crippen molar-refractivity contribution in [1.82, 2.24) is 0 Å². The van der Waals surface area contributed by atoms with Gasteiger partial charge in [0.05, 0.1) is 34.6 Å². The summed E-state index contributed by atoms with van der Waals surface area (Å²) in [6, 6.07) is 12.3. The van der Waals surface area contributed by atoms with Crippen molar-refractivity contribution in [1.29, 1.82) is 5.26 Å². The zero-order valence-corrected chi connectivity index (χ0v) is 18.6. The maximum absolute atomic E-state index is 12.7. The van der Waals surface area contributed by atoms with Crippen LogP contribution in [0.5, 0.6) is 5.75 Å². The number of amides is 1. The van der Waals surface area contributed by atoms with E-state index in [9.17, 15) is 18.0 Å². The second-order valence-electron chi connectivity index (χ2n) is 6.37. The Morgan fingerprint density at radius 3 is 2.42 bits per heavy atom. The highest BCUT2D eigenvalue weighted by Gasteiger charge is 2.21. The summed E-state index contributed by atoms with van der Waals surface area (Å²) in [7, 11) is -3.56. The molecule has 2 aromatic rings. The average molecular weight is 465 g/mol. The van der Waals surface area contributed by atoms with Gasteiger partial charge in [-0.3, -0.25) is 4.79 Å². The van der Waals surface area contributed by atoms with E-state index in [1.807, 2.05) is 13.0 Å². The van der Waals surface area contributed by atoms with E-state index in [2.05, 4.69) is 0 Å². The van der Waals surface area contributed by atoms with E-state index in [1.165, 1.54) is 17.0 Å². The third-order valence-corrected chi connectivity index (χ3v) is 5.56. The number of halogens is 1. The predicted octanol–water partition coefficient (Wildman–Crippen LogP) is 3.25. The van der Waals surface area contributed by atoms with Gasteiger partial charge in [0.15, 0.2) is 16.4 Å². The van der Waals surface area contributed by atoms with E-state index >= 15 is 0 Å². The van der Waals surface area contributed by atoms with Gasteiger partial charge in [-0.1, -0.05) is 11.6 Å². The van der Waals surface area contributed by atoms with Crippen LogP contribution in [-0.4, -0.2) is 46.3 Å². The monoisotopic (exact) mass is 464 g/mol. The minimum absolute atomic E-state index is 0.00213. The van der Waals surface area contributed by atoms with Crippen LogP contribution >= 0.6 is 11.6 Å². The maximum atomic E-state index is 12.7. The van der Waals surface area contributed by atoms with E-state index in [1.54, 1.807) is 24.3 Å². The number of hydrogen-bond donors (Lipinski definition) is 0. The predicted molar refractivity (Wildman–Crippen MR) is 115 cm³/mol. The molecular formula is C21H21ClN2O6S. The van der Waals surface area contributed by atoms with Crippen LogP contribution in [0.3, 0.4) is 0 Å². The lowest BCUT2D eigenvalue weighted by atomic mass is 10.2. The van der Waals surface area contributed by atoms with Gasteiger partial charge in [0.2, 0.25) is 0 Å². The number of ether oxygens (including phenoxy) is 2. The first-order valence-corrected chi connectivity index (χ1v) is 11.5. The van der Waals surface area contributed by atoms with Gasteiger partial charge in [-0.25, -0.2) is 13.2 Å². The highest BCUT2D eigenvalue weighted by atomic mass is 35.5. The summed E-state index contributed by atoms with van der Waals surface area (Å²) in [5, 5.41) is 8.89. The Kier molecular flexibility index (Phi) is 8.42. The molecule has 0 bridgehead atoms. The lowest BCUT2D eigenvalue weighted by Crippen LogP contribution is -2.35. The van der Waals surface area contributed by atoms with E-state index in [-0.39, 0.29) is 28.4 Å². The summed E-state index contributed by atoms with van der Waals surface area (Å²) >= 11 is 5.99. The molecule has 0 atom stereocenters. The number of carbonyl (C=O) groups is 2. The van der Waals surface area contributed by atoms with Crippen LogP contribution < -0.4 is 9.64 Å². The topological polar surface area (TPSA) is 114 Å². The number of nitriles is 1. The molecule has 0 aromatic heterocycles. The number of nitrogens with zero attached hydrogens (tertiary/aromatic N) is 2. The van der Waals surface area contributed by atoms with Crippen molar-refractivity contribution in [2.45, 2.75) is 18.2 Å². The van der Waals surface area contributed by atoms with Crippen LogP contribution in [0.1, 0.15) is 23.7 Å². The standard InChI is InChI=1S/C21H21ClN2O6S/c1-3-29-16-7-5-15(6-8-16)24(12-4-11-23)20(25)14-30-21(26)18-13-17(31(2,27)28)9-10-19(18)22/h5-10,13H,3-4,12,14H2,1-2H3. The van der Waals surface area contributed by atoms with Crippen LogP contribution in [0.4, 0.5) is 5.69 Å². The number of esters is 1. The van der Waals surface area contributed by atoms with Crippen LogP contribution in [0.2, 0.25) is 5.02 Å². The molecule has 2 aromatic carbocycles. The Labute approximate surface area is 185 Å². The van der Waals surface area contributed by atoms with E-state index in [0.29, 0.717) is 18.0 Å². The highest BCUT2D eigenvalue weighted by Crippen LogP contribution is 2.23. The zero-order valence-electron chi connectivity index (χ0n) is 17.0. The van der Waals surface area contributed by atoms with Crippen LogP contribution in [-0.2, 0) is 19.4 Å². The molecule has 0 saturated heterocycles. The van der Waals surface area contributed by atoms with Crippen LogP contribution in [0.15, 0.2) is 47.4 Å². The minimum Gasteiger partial charge on any atom is -0.494 e. The van der Waals surface area contributed by atoms with Gasteiger partial charge in [-0.2, -0.15) is 5.26 Å². The van der Waals surface area contributed by atoms with Crippen molar-refractivity contribution >= 4 is 39.0 Å². The average Bonchev–Trinajstić information content (AvgIpc) is 2.73. The molecule has 8 nitrogen and oxygen atoms in total. The van der Waals surface area contributed by atoms with Crippen molar-refractivity contribution in [2.24, 2.45) is 0 Å². The van der Waals surface area contributed by atoms with Gasteiger partial charge in [0.25, 0.3) is 5.91 Å². The summed E-state index contributed by atoms with van der Waals surface area (Å²) in [6.07, 6.45) is 1.08. The molecule has 0 fully saturated rings. The smallest absolute Gasteiger partial charge is 0.340 e. The number of rotatable bonds is 9. The fourth-order valence-electron chi connectivity index (χ4n) is 2.62. The third-order valence-electron chi connectivity index (χ3n) is 4.12. The quantitative estimate of drug-likeness (QED) is 0.523. The molecule has 0 aliphatic rings. The van der Waals surface area contributed by atoms with E-state index < -0.39 is 28.3 Å². The molecule has 0 heterocycles. The van der Waals surface area contributed by atoms with Crippen molar-refractivity contribution in [2.75, 3.05) is 30.9 Å². The largest absolute Gasteiger partial charge is 0.494 e. The fourth-order valence-corrected chi connectivity index (χ4v) is 3.46. The summed E-state index contributed by atoms with van der Waals surface area (Å²) in [5.74, 6) is -0.857. The molecule has 0 unspecified atom stereocenters. The van der Waals surface area contributed by atoms with Crippen LogP contribution in [0.25, 0.3) is 0 Å². The van der Waals surface area contributed by atoms with Gasteiger partial charge in [-0.05, 0) is 49.4 Å². The Hall–Kier alpha value is -3.09. The number of carbonyl (C=O) groups excluding carboxylic acids is 2. The Bertz CT molecular complexity index is 1090. The van der Waals surface area contributed by atoms with E-state index in [0.717, 1.165) is 12.3 Å². The molecule has 2 rings (SSSR count). The van der Waals surface area contributed by atoms with Gasteiger partial charge in [-0.15, -0.1) is 0 Å². The molecule has 0 saturated carbocycles. The first-order valence-electron chi connectivity index (χ1n) is 9.24. The van der Waals surface area contributed by atoms with Crippen molar-refractivity contribution in [3.8, 4) is 11.8 Å². The lowest BCUT2D eigenvalue weighted by Gasteiger charge is -2.22. The summed E-state index contributed by atoms with van der Waals surface area (Å²) in [6.45, 7) is 1.83. The SMILES string of the molecule is CCOc1ccc(N(CCC#N)C(=O)COC(=O)c2cc(S(C)(=O)=O)ccc2Cl)cc1. The van der Waals surface area contributed by atoms with Crippen molar-refractivity contribution in [3.63, 3.8) is 0 Å². The molecular weight excluding hydrogens is 444 g/mol. The molecule has 0 radical (unpaired) electrons. The fraction of sp³-hybridized carbons (Fsp3) is 0.286. The second kappa shape index (κ2) is 10.8. The molecule has 0 aliphatic heterocycles. The molecule has 164 valence electrons. The second-order valence-corrected chi connectivity index (χ2v) is 8.79. The van der Waals surface area contributed by atoms with Crippen LogP contribution in [0, 0.1) is 11.3 Å². The van der Waals surface area contributed by atoms with Gasteiger partial charge in [0.1, 0.15) is 5.75 Å². The lowest BCUT2D eigenvalue weighted by molar-refractivity contribution is -0.121. The Balaban J connectivity index is 2.15.